The van der Waals surface area contributed by atoms with Crippen molar-refractivity contribution in [3.63, 3.8) is 0 Å². The van der Waals surface area contributed by atoms with E-state index in [4.69, 9.17) is 14.2 Å². The van der Waals surface area contributed by atoms with E-state index in [-0.39, 0.29) is 64.8 Å². The molecule has 1 aromatic carbocycles. The molecule has 0 heterocycles. The van der Waals surface area contributed by atoms with Crippen LogP contribution in [0.1, 0.15) is 88.9 Å². The molecule has 2 amide bonds. The van der Waals surface area contributed by atoms with Crippen molar-refractivity contribution < 1.29 is 33.0 Å². The number of methoxy groups -OCH3 is 1. The largest absolute Gasteiger partial charge is 0.496 e. The third-order valence-corrected chi connectivity index (χ3v) is 9.32. The van der Waals surface area contributed by atoms with Gasteiger partial charge in [-0.2, -0.15) is 0 Å². The number of benzene rings is 1. The summed E-state index contributed by atoms with van der Waals surface area (Å²) in [5.41, 5.74) is 0.179. The van der Waals surface area contributed by atoms with Gasteiger partial charge in [0, 0.05) is 18.7 Å². The van der Waals surface area contributed by atoms with E-state index in [1.54, 1.807) is 6.92 Å². The van der Waals surface area contributed by atoms with Crippen LogP contribution in [0.15, 0.2) is 12.1 Å². The summed E-state index contributed by atoms with van der Waals surface area (Å²) in [4.78, 5) is 38.9. The minimum absolute atomic E-state index is 0.0120. The molecule has 9 heteroatoms. The van der Waals surface area contributed by atoms with Gasteiger partial charge in [-0.1, -0.05) is 26.7 Å². The summed E-state index contributed by atoms with van der Waals surface area (Å²) < 4.78 is 31.5. The number of hydrogen-bond acceptors (Lipinski definition) is 6. The van der Waals surface area contributed by atoms with Gasteiger partial charge in [-0.3, -0.25) is 14.4 Å². The zero-order chi connectivity index (χ0) is 28.8. The maximum atomic E-state index is 15.0. The molecule has 4 rings (SSSR count). The number of hydrogen-bond donors (Lipinski definition) is 2. The van der Waals surface area contributed by atoms with Gasteiger partial charge < -0.3 is 24.8 Å². The molecule has 4 atom stereocenters. The number of nitrogens with one attached hydrogen (secondary N) is 2. The first kappa shape index (κ1) is 30.1. The predicted molar refractivity (Wildman–Crippen MR) is 149 cm³/mol. The van der Waals surface area contributed by atoms with Gasteiger partial charge >= 0.3 is 5.97 Å². The Labute approximate surface area is 237 Å². The summed E-state index contributed by atoms with van der Waals surface area (Å²) >= 11 is 0. The summed E-state index contributed by atoms with van der Waals surface area (Å²) in [5, 5.41) is 6.26. The van der Waals surface area contributed by atoms with Crippen molar-refractivity contribution in [2.24, 2.45) is 29.6 Å². The molecule has 40 heavy (non-hydrogen) atoms. The SMILES string of the molecule is CCOC(=O)C1CCC(Oc2cc(C(=O)N[C@@H]3[C@H]4CC[C@H](C4)[C@@H]3C(=O)NCC(CC)CC)c(OC)cc2F)CC1. The van der Waals surface area contributed by atoms with Crippen LogP contribution in [0.5, 0.6) is 11.5 Å². The van der Waals surface area contributed by atoms with Gasteiger partial charge in [0.05, 0.1) is 37.2 Å². The fourth-order valence-electron chi connectivity index (χ4n) is 6.87. The Morgan fingerprint density at radius 2 is 1.68 bits per heavy atom. The molecule has 3 fully saturated rings. The molecule has 0 radical (unpaired) electrons. The maximum absolute atomic E-state index is 15.0. The molecule has 0 aliphatic heterocycles. The van der Waals surface area contributed by atoms with Gasteiger partial charge in [-0.05, 0) is 75.7 Å². The first-order valence-corrected chi connectivity index (χ1v) is 15.1. The Kier molecular flexibility index (Phi) is 10.3. The molecule has 3 saturated carbocycles. The van der Waals surface area contributed by atoms with Crippen LogP contribution in [0.3, 0.4) is 0 Å². The Morgan fingerprint density at radius 1 is 0.975 bits per heavy atom. The number of carbonyl (C=O) groups excluding carboxylic acids is 3. The number of halogens is 1. The maximum Gasteiger partial charge on any atom is 0.308 e. The summed E-state index contributed by atoms with van der Waals surface area (Å²) in [6.45, 7) is 7.04. The number of amides is 2. The van der Waals surface area contributed by atoms with Crippen LogP contribution in [0, 0.1) is 35.4 Å². The van der Waals surface area contributed by atoms with Crippen molar-refractivity contribution in [2.75, 3.05) is 20.3 Å². The molecule has 0 spiro atoms. The number of ether oxygens (including phenoxy) is 3. The lowest BCUT2D eigenvalue weighted by molar-refractivity contribution is -0.149. The summed E-state index contributed by atoms with van der Waals surface area (Å²) in [5.74, 6) is -0.580. The highest BCUT2D eigenvalue weighted by molar-refractivity contribution is 5.98. The zero-order valence-electron chi connectivity index (χ0n) is 24.3. The topological polar surface area (TPSA) is 103 Å². The van der Waals surface area contributed by atoms with Gasteiger partial charge in [0.15, 0.2) is 11.6 Å². The van der Waals surface area contributed by atoms with E-state index in [2.05, 4.69) is 24.5 Å². The third-order valence-electron chi connectivity index (χ3n) is 9.32. The first-order valence-electron chi connectivity index (χ1n) is 15.1. The highest BCUT2D eigenvalue weighted by Gasteiger charge is 2.51. The Hall–Kier alpha value is -2.84. The fourth-order valence-corrected chi connectivity index (χ4v) is 6.87. The van der Waals surface area contributed by atoms with Gasteiger partial charge in [-0.15, -0.1) is 0 Å². The molecule has 3 aliphatic carbocycles. The first-order chi connectivity index (χ1) is 19.3. The van der Waals surface area contributed by atoms with Crippen molar-refractivity contribution in [2.45, 2.75) is 90.7 Å². The summed E-state index contributed by atoms with van der Waals surface area (Å²) in [7, 11) is 1.40. The fraction of sp³-hybridized carbons (Fsp3) is 0.710. The summed E-state index contributed by atoms with van der Waals surface area (Å²) in [6.07, 6.45) is 7.07. The van der Waals surface area contributed by atoms with E-state index in [1.165, 1.54) is 19.2 Å². The molecular formula is C31H45FN2O6. The van der Waals surface area contributed by atoms with E-state index in [0.717, 1.165) is 32.1 Å². The lowest BCUT2D eigenvalue weighted by Gasteiger charge is -2.31. The Balaban J connectivity index is 1.44. The van der Waals surface area contributed by atoms with E-state index in [0.29, 0.717) is 44.8 Å². The van der Waals surface area contributed by atoms with E-state index >= 15 is 0 Å². The second-order valence-corrected chi connectivity index (χ2v) is 11.6. The van der Waals surface area contributed by atoms with Gasteiger partial charge in [-0.25, -0.2) is 4.39 Å². The minimum atomic E-state index is -0.612. The number of esters is 1. The predicted octanol–water partition coefficient (Wildman–Crippen LogP) is 5.03. The molecule has 0 unspecified atom stereocenters. The molecule has 222 valence electrons. The van der Waals surface area contributed by atoms with Crippen LogP contribution in [-0.4, -0.2) is 50.2 Å². The normalized spacial score (nSPS) is 27.4. The zero-order valence-corrected chi connectivity index (χ0v) is 24.3. The Bertz CT molecular complexity index is 1050. The number of rotatable bonds is 12. The van der Waals surface area contributed by atoms with Crippen molar-refractivity contribution >= 4 is 17.8 Å². The van der Waals surface area contributed by atoms with Gasteiger partial charge in [0.1, 0.15) is 5.75 Å². The average Bonchev–Trinajstić information content (AvgIpc) is 3.57. The number of carbonyl (C=O) groups is 3. The smallest absolute Gasteiger partial charge is 0.308 e. The van der Waals surface area contributed by atoms with Crippen LogP contribution in [-0.2, 0) is 14.3 Å². The van der Waals surface area contributed by atoms with Gasteiger partial charge in [0.25, 0.3) is 5.91 Å². The standard InChI is InChI=1S/C31H45FN2O6/c1-5-18(6-2)17-33-30(36)27-20-8-9-21(14-20)28(27)34-29(35)23-15-26(24(32)16-25(23)38-4)40-22-12-10-19(11-13-22)31(37)39-7-3/h15-16,18-22,27-28H,5-14,17H2,1-4H3,(H,33,36)(H,34,35)/t19?,20-,21+,22?,27+,28-/m1/s1. The highest BCUT2D eigenvalue weighted by atomic mass is 19.1. The monoisotopic (exact) mass is 560 g/mol. The van der Waals surface area contributed by atoms with Gasteiger partial charge in [0.2, 0.25) is 5.91 Å². The molecule has 2 N–H and O–H groups in total. The lowest BCUT2D eigenvalue weighted by atomic mass is 9.83. The molecule has 8 nitrogen and oxygen atoms in total. The molecular weight excluding hydrogens is 515 g/mol. The van der Waals surface area contributed by atoms with E-state index < -0.39 is 11.7 Å². The van der Waals surface area contributed by atoms with E-state index in [9.17, 15) is 18.8 Å². The van der Waals surface area contributed by atoms with Crippen molar-refractivity contribution in [3.8, 4) is 11.5 Å². The quantitative estimate of drug-likeness (QED) is 0.348. The summed E-state index contributed by atoms with van der Waals surface area (Å²) in [6, 6.07) is 2.30. The molecule has 3 aliphatic rings. The van der Waals surface area contributed by atoms with Crippen molar-refractivity contribution in [1.82, 2.24) is 10.6 Å². The van der Waals surface area contributed by atoms with Crippen molar-refractivity contribution in [1.29, 1.82) is 0 Å². The van der Waals surface area contributed by atoms with Crippen LogP contribution in [0.4, 0.5) is 4.39 Å². The second kappa shape index (κ2) is 13.7. The van der Waals surface area contributed by atoms with Crippen LogP contribution in [0.25, 0.3) is 0 Å². The Morgan fingerprint density at radius 3 is 2.33 bits per heavy atom. The molecule has 0 saturated heterocycles. The molecule has 0 aromatic heterocycles. The molecule has 2 bridgehead atoms. The van der Waals surface area contributed by atoms with Crippen LogP contribution in [0.2, 0.25) is 0 Å². The minimum Gasteiger partial charge on any atom is -0.496 e. The van der Waals surface area contributed by atoms with E-state index in [1.807, 2.05) is 0 Å². The highest BCUT2D eigenvalue weighted by Crippen LogP contribution is 2.49. The average molecular weight is 561 g/mol. The number of fused-ring (bicyclic) bond motifs is 2. The third kappa shape index (κ3) is 6.72. The molecule has 1 aromatic rings. The van der Waals surface area contributed by atoms with Crippen molar-refractivity contribution in [3.05, 3.63) is 23.5 Å². The lowest BCUT2D eigenvalue weighted by Crippen LogP contribution is -2.50. The second-order valence-electron chi connectivity index (χ2n) is 11.6. The van der Waals surface area contributed by atoms with Crippen LogP contribution >= 0.6 is 0 Å². The van der Waals surface area contributed by atoms with Crippen LogP contribution < -0.4 is 20.1 Å².